The van der Waals surface area contributed by atoms with Gasteiger partial charge in [-0.3, -0.25) is 0 Å². The van der Waals surface area contributed by atoms with Gasteiger partial charge in [0.1, 0.15) is 5.75 Å². The fraction of sp³-hybridized carbons (Fsp3) is 0.333. The maximum Gasteiger partial charge on any atom is 0.133 e. The highest BCUT2D eigenvalue weighted by molar-refractivity contribution is 9.10. The van der Waals surface area contributed by atoms with Crippen LogP contribution in [0.4, 0.5) is 0 Å². The van der Waals surface area contributed by atoms with Crippen LogP contribution in [-0.4, -0.2) is 12.2 Å². The molecule has 2 nitrogen and oxygen atoms in total. The van der Waals surface area contributed by atoms with E-state index in [-0.39, 0.29) is 0 Å². The molecule has 0 aliphatic carbocycles. The minimum absolute atomic E-state index is 0.557. The van der Waals surface area contributed by atoms with E-state index in [4.69, 9.17) is 4.74 Å². The van der Waals surface area contributed by atoms with Crippen molar-refractivity contribution in [2.24, 2.45) is 0 Å². The van der Waals surface area contributed by atoms with Gasteiger partial charge >= 0.3 is 0 Å². The topological polar surface area (TPSA) is 29.5 Å². The van der Waals surface area contributed by atoms with Gasteiger partial charge in [-0.05, 0) is 58.1 Å². The van der Waals surface area contributed by atoms with Gasteiger partial charge in [0.2, 0.25) is 0 Å². The normalized spacial score (nSPS) is 13.8. The van der Waals surface area contributed by atoms with Gasteiger partial charge in [0.25, 0.3) is 0 Å². The summed E-state index contributed by atoms with van der Waals surface area (Å²) in [6, 6.07) is 14.1. The summed E-state index contributed by atoms with van der Waals surface area (Å²) in [5.74, 6) is 0.797. The molecule has 0 heterocycles. The van der Waals surface area contributed by atoms with Crippen molar-refractivity contribution in [2.75, 3.05) is 7.11 Å². The molecule has 3 heteroatoms. The number of ether oxygens (including phenoxy) is 1. The molecule has 2 aromatic carbocycles. The highest BCUT2D eigenvalue weighted by Gasteiger charge is 2.23. The zero-order chi connectivity index (χ0) is 15.5. The molecule has 0 amide bonds. The number of methoxy groups -OCH3 is 1. The summed E-state index contributed by atoms with van der Waals surface area (Å²) in [6.45, 7) is 3.98. The summed E-state index contributed by atoms with van der Waals surface area (Å²) >= 11 is 3.48. The lowest BCUT2D eigenvalue weighted by atomic mass is 9.88. The Morgan fingerprint density at radius 1 is 1.10 bits per heavy atom. The first kappa shape index (κ1) is 16.1. The Morgan fingerprint density at radius 2 is 1.71 bits per heavy atom. The number of halogens is 1. The molecule has 0 aliphatic heterocycles. The first-order valence-corrected chi connectivity index (χ1v) is 7.90. The lowest BCUT2D eigenvalue weighted by Crippen LogP contribution is -2.24. The highest BCUT2D eigenvalue weighted by atomic mass is 79.9. The van der Waals surface area contributed by atoms with E-state index in [1.54, 1.807) is 7.11 Å². The van der Waals surface area contributed by atoms with Gasteiger partial charge in [0, 0.05) is 6.42 Å². The first-order chi connectivity index (χ1) is 9.96. The van der Waals surface area contributed by atoms with E-state index >= 15 is 0 Å². The summed E-state index contributed by atoms with van der Waals surface area (Å²) in [4.78, 5) is 0. The van der Waals surface area contributed by atoms with Gasteiger partial charge in [-0.25, -0.2) is 0 Å². The van der Waals surface area contributed by atoms with E-state index in [0.29, 0.717) is 6.42 Å². The van der Waals surface area contributed by atoms with Gasteiger partial charge in [0.15, 0.2) is 0 Å². The van der Waals surface area contributed by atoms with Crippen molar-refractivity contribution < 1.29 is 9.84 Å². The van der Waals surface area contributed by atoms with Crippen LogP contribution in [0.25, 0.3) is 0 Å². The van der Waals surface area contributed by atoms with Crippen molar-refractivity contribution in [2.45, 2.75) is 32.3 Å². The minimum Gasteiger partial charge on any atom is -0.496 e. The molecule has 0 aromatic heterocycles. The Kier molecular flexibility index (Phi) is 5.07. The molecule has 1 N–H and O–H groups in total. The molecule has 0 aliphatic rings. The fourth-order valence-corrected chi connectivity index (χ4v) is 3.01. The van der Waals surface area contributed by atoms with E-state index in [0.717, 1.165) is 27.8 Å². The van der Waals surface area contributed by atoms with Crippen molar-refractivity contribution in [3.63, 3.8) is 0 Å². The molecule has 0 spiro atoms. The second-order valence-corrected chi connectivity index (χ2v) is 6.32. The summed E-state index contributed by atoms with van der Waals surface area (Å²) < 4.78 is 6.13. The Bertz CT molecular complexity index is 603. The summed E-state index contributed by atoms with van der Waals surface area (Å²) in [6.07, 6.45) is 1.56. The molecule has 0 saturated heterocycles. The van der Waals surface area contributed by atoms with E-state index in [9.17, 15) is 5.11 Å². The van der Waals surface area contributed by atoms with Crippen molar-refractivity contribution in [3.05, 3.63) is 63.6 Å². The molecule has 0 fully saturated rings. The smallest absolute Gasteiger partial charge is 0.133 e. The monoisotopic (exact) mass is 348 g/mol. The SMILES string of the molecule is CCc1ccc(C(C)(O)Cc2ccc(OC)c(Br)c2)cc1. The molecule has 21 heavy (non-hydrogen) atoms. The van der Waals surface area contributed by atoms with Crippen LogP contribution in [0.15, 0.2) is 46.9 Å². The van der Waals surface area contributed by atoms with Crippen LogP contribution in [-0.2, 0) is 18.4 Å². The average Bonchev–Trinajstić information content (AvgIpc) is 2.47. The quantitative estimate of drug-likeness (QED) is 0.863. The van der Waals surface area contributed by atoms with E-state index < -0.39 is 5.60 Å². The third-order valence-electron chi connectivity index (χ3n) is 3.75. The lowest BCUT2D eigenvalue weighted by molar-refractivity contribution is 0.0576. The maximum atomic E-state index is 10.8. The first-order valence-electron chi connectivity index (χ1n) is 7.10. The maximum absolute atomic E-state index is 10.8. The van der Waals surface area contributed by atoms with Crippen LogP contribution in [0, 0.1) is 0 Å². The minimum atomic E-state index is -0.889. The standard InChI is InChI=1S/C18H21BrO2/c1-4-13-5-8-15(9-6-13)18(2,20)12-14-7-10-17(21-3)16(19)11-14/h5-11,20H,4,12H2,1-3H3. The number of hydrogen-bond acceptors (Lipinski definition) is 2. The number of rotatable bonds is 5. The molecule has 0 bridgehead atoms. The third kappa shape index (κ3) is 3.86. The molecule has 2 aromatic rings. The van der Waals surface area contributed by atoms with Gasteiger partial charge in [-0.15, -0.1) is 0 Å². The lowest BCUT2D eigenvalue weighted by Gasteiger charge is -2.24. The number of benzene rings is 2. The zero-order valence-electron chi connectivity index (χ0n) is 12.7. The second-order valence-electron chi connectivity index (χ2n) is 5.47. The van der Waals surface area contributed by atoms with Crippen LogP contribution in [0.5, 0.6) is 5.75 Å². The Labute approximate surface area is 134 Å². The third-order valence-corrected chi connectivity index (χ3v) is 4.37. The van der Waals surface area contributed by atoms with Gasteiger partial charge in [0.05, 0.1) is 17.2 Å². The number of aliphatic hydroxyl groups is 1. The summed E-state index contributed by atoms with van der Waals surface area (Å²) in [5.41, 5.74) is 2.39. The average molecular weight is 349 g/mol. The van der Waals surface area contributed by atoms with Gasteiger partial charge in [-0.1, -0.05) is 37.3 Å². The fourth-order valence-electron chi connectivity index (χ4n) is 2.42. The van der Waals surface area contributed by atoms with Crippen LogP contribution >= 0.6 is 15.9 Å². The molecule has 2 rings (SSSR count). The molecular weight excluding hydrogens is 328 g/mol. The van der Waals surface area contributed by atoms with E-state index in [2.05, 4.69) is 35.0 Å². The highest BCUT2D eigenvalue weighted by Crippen LogP contribution is 2.30. The number of aryl methyl sites for hydroxylation is 1. The van der Waals surface area contributed by atoms with Crippen LogP contribution in [0.2, 0.25) is 0 Å². The van der Waals surface area contributed by atoms with Crippen LogP contribution in [0.3, 0.4) is 0 Å². The van der Waals surface area contributed by atoms with Crippen LogP contribution in [0.1, 0.15) is 30.5 Å². The van der Waals surface area contributed by atoms with Gasteiger partial charge < -0.3 is 9.84 Å². The van der Waals surface area contributed by atoms with E-state index in [1.807, 2.05) is 37.3 Å². The molecule has 112 valence electrons. The van der Waals surface area contributed by atoms with E-state index in [1.165, 1.54) is 5.56 Å². The summed E-state index contributed by atoms with van der Waals surface area (Å²) in [7, 11) is 1.64. The predicted molar refractivity (Wildman–Crippen MR) is 89.8 cm³/mol. The zero-order valence-corrected chi connectivity index (χ0v) is 14.3. The van der Waals surface area contributed by atoms with Gasteiger partial charge in [-0.2, -0.15) is 0 Å². The van der Waals surface area contributed by atoms with Crippen molar-refractivity contribution in [1.29, 1.82) is 0 Å². The number of hydrogen-bond donors (Lipinski definition) is 1. The molecular formula is C18H21BrO2. The van der Waals surface area contributed by atoms with Crippen molar-refractivity contribution in [3.8, 4) is 5.75 Å². The second kappa shape index (κ2) is 6.63. The molecule has 1 unspecified atom stereocenters. The largest absolute Gasteiger partial charge is 0.496 e. The van der Waals surface area contributed by atoms with Crippen molar-refractivity contribution >= 4 is 15.9 Å². The molecule has 1 atom stereocenters. The summed E-state index contributed by atoms with van der Waals surface area (Å²) in [5, 5.41) is 10.8. The Morgan fingerprint density at radius 3 is 2.24 bits per heavy atom. The van der Waals surface area contributed by atoms with Crippen LogP contribution < -0.4 is 4.74 Å². The molecule has 0 radical (unpaired) electrons. The predicted octanol–water partition coefficient (Wildman–Crippen LogP) is 4.47. The Hall–Kier alpha value is -1.32. The Balaban J connectivity index is 2.21. The van der Waals surface area contributed by atoms with Crippen molar-refractivity contribution in [1.82, 2.24) is 0 Å². The molecule has 0 saturated carbocycles.